The molecule has 6 nitrogen and oxygen atoms in total. The second-order valence-electron chi connectivity index (χ2n) is 10.9. The Hall–Kier alpha value is -2.21. The van der Waals surface area contributed by atoms with Gasteiger partial charge in [-0.3, -0.25) is 9.69 Å². The number of hydrogen-bond donors (Lipinski definition) is 1. The van der Waals surface area contributed by atoms with E-state index >= 15 is 0 Å². The van der Waals surface area contributed by atoms with Crippen molar-refractivity contribution in [1.29, 1.82) is 0 Å². The fourth-order valence-corrected chi connectivity index (χ4v) is 6.10. The van der Waals surface area contributed by atoms with Crippen LogP contribution in [0.4, 0.5) is 0 Å². The maximum absolute atomic E-state index is 13.1. The molecule has 0 radical (unpaired) electrons. The number of aromatic carboxylic acids is 1. The minimum absolute atomic E-state index is 0.0926. The smallest absolute Gasteiger partial charge is 0.360 e. The first-order valence-corrected chi connectivity index (χ1v) is 12.2. The van der Waals surface area contributed by atoms with Gasteiger partial charge in [0.1, 0.15) is 0 Å². The fraction of sp³-hybridized carbons (Fsp3) is 0.654. The second kappa shape index (κ2) is 8.97. The van der Waals surface area contributed by atoms with Gasteiger partial charge in [0.25, 0.3) is 5.56 Å². The molecule has 2 fully saturated rings. The van der Waals surface area contributed by atoms with Gasteiger partial charge in [0, 0.05) is 18.1 Å². The average Bonchev–Trinajstić information content (AvgIpc) is 3.20. The van der Waals surface area contributed by atoms with Crippen LogP contribution in [0.25, 0.3) is 11.0 Å². The lowest BCUT2D eigenvalue weighted by Gasteiger charge is -2.42. The maximum Gasteiger partial charge on any atom is 0.360 e. The monoisotopic (exact) mass is 439 g/mol. The molecular weight excluding hydrogens is 402 g/mol. The summed E-state index contributed by atoms with van der Waals surface area (Å²) < 4.78 is 1.67. The van der Waals surface area contributed by atoms with E-state index in [1.165, 1.54) is 32.1 Å². The SMILES string of the molecule is C[C@@H](C[C@@H]1CCCN1C1CCC(C(C)(C)C)CC1)n1c(=O)c(C(=O)O)nc2ccccc21. The summed E-state index contributed by atoms with van der Waals surface area (Å²) >= 11 is 0. The highest BCUT2D eigenvalue weighted by Crippen LogP contribution is 2.41. The molecule has 32 heavy (non-hydrogen) atoms. The van der Waals surface area contributed by atoms with Crippen LogP contribution >= 0.6 is 0 Å². The molecule has 2 aliphatic rings. The van der Waals surface area contributed by atoms with E-state index in [0.717, 1.165) is 25.3 Å². The molecule has 1 aromatic heterocycles. The molecule has 2 atom stereocenters. The van der Waals surface area contributed by atoms with Crippen LogP contribution in [0.2, 0.25) is 0 Å². The van der Waals surface area contributed by atoms with E-state index in [0.29, 0.717) is 28.5 Å². The number of likely N-dealkylation sites (tertiary alicyclic amines) is 1. The molecule has 1 aliphatic carbocycles. The summed E-state index contributed by atoms with van der Waals surface area (Å²) in [4.78, 5) is 31.5. The minimum Gasteiger partial charge on any atom is -0.476 e. The summed E-state index contributed by atoms with van der Waals surface area (Å²) in [5.74, 6) is -0.463. The summed E-state index contributed by atoms with van der Waals surface area (Å²) in [7, 11) is 0. The third kappa shape index (κ3) is 4.47. The van der Waals surface area contributed by atoms with Crippen molar-refractivity contribution in [1.82, 2.24) is 14.5 Å². The molecule has 0 spiro atoms. The number of carboxylic acids is 1. The predicted molar refractivity (Wildman–Crippen MR) is 127 cm³/mol. The number of aromatic nitrogens is 2. The van der Waals surface area contributed by atoms with E-state index < -0.39 is 11.5 Å². The van der Waals surface area contributed by atoms with Crippen molar-refractivity contribution in [2.45, 2.75) is 90.8 Å². The quantitative estimate of drug-likeness (QED) is 0.700. The van der Waals surface area contributed by atoms with Crippen molar-refractivity contribution in [2.24, 2.45) is 11.3 Å². The predicted octanol–water partition coefficient (Wildman–Crippen LogP) is 5.12. The number of benzene rings is 1. The van der Waals surface area contributed by atoms with Gasteiger partial charge in [-0.25, -0.2) is 9.78 Å². The van der Waals surface area contributed by atoms with Crippen molar-refractivity contribution in [3.63, 3.8) is 0 Å². The van der Waals surface area contributed by atoms with Gasteiger partial charge in [-0.15, -0.1) is 0 Å². The number of carboxylic acid groups (broad SMARTS) is 1. The molecule has 1 aromatic carbocycles. The Morgan fingerprint density at radius 1 is 1.16 bits per heavy atom. The first kappa shape index (κ1) is 23.0. The van der Waals surface area contributed by atoms with Gasteiger partial charge in [0.05, 0.1) is 11.0 Å². The Morgan fingerprint density at radius 3 is 2.50 bits per heavy atom. The van der Waals surface area contributed by atoms with Gasteiger partial charge in [0.15, 0.2) is 0 Å². The lowest BCUT2D eigenvalue weighted by atomic mass is 9.71. The number of hydrogen-bond acceptors (Lipinski definition) is 4. The zero-order valence-electron chi connectivity index (χ0n) is 19.9. The third-order valence-electron chi connectivity index (χ3n) is 7.86. The van der Waals surface area contributed by atoms with Gasteiger partial charge in [-0.2, -0.15) is 0 Å². The Bertz CT molecular complexity index is 1030. The topological polar surface area (TPSA) is 75.4 Å². The van der Waals surface area contributed by atoms with Crippen molar-refractivity contribution >= 4 is 17.0 Å². The van der Waals surface area contributed by atoms with Crippen molar-refractivity contribution in [2.75, 3.05) is 6.54 Å². The largest absolute Gasteiger partial charge is 0.476 e. The van der Waals surface area contributed by atoms with Crippen LogP contribution in [0.5, 0.6) is 0 Å². The lowest BCUT2D eigenvalue weighted by molar-refractivity contribution is 0.0687. The first-order valence-electron chi connectivity index (χ1n) is 12.2. The zero-order chi connectivity index (χ0) is 23.0. The van der Waals surface area contributed by atoms with E-state index in [1.807, 2.05) is 25.1 Å². The van der Waals surface area contributed by atoms with Crippen LogP contribution in [0.1, 0.15) is 89.2 Å². The Labute approximate surface area is 190 Å². The molecule has 0 unspecified atom stereocenters. The zero-order valence-corrected chi connectivity index (χ0v) is 19.9. The molecule has 2 heterocycles. The van der Waals surface area contributed by atoms with Crippen LogP contribution in [0.15, 0.2) is 29.1 Å². The number of rotatable bonds is 5. The Morgan fingerprint density at radius 2 is 1.84 bits per heavy atom. The number of para-hydroxylation sites is 2. The molecule has 6 heteroatoms. The van der Waals surface area contributed by atoms with E-state index in [4.69, 9.17) is 0 Å². The lowest BCUT2D eigenvalue weighted by Crippen LogP contribution is -2.43. The molecular formula is C26H37N3O3. The molecule has 0 amide bonds. The summed E-state index contributed by atoms with van der Waals surface area (Å²) in [5.41, 5.74) is 0.763. The van der Waals surface area contributed by atoms with Crippen molar-refractivity contribution in [3.05, 3.63) is 40.3 Å². The molecule has 1 N–H and O–H groups in total. The minimum atomic E-state index is -1.26. The number of fused-ring (bicyclic) bond motifs is 1. The van der Waals surface area contributed by atoms with Gasteiger partial charge in [0.2, 0.25) is 5.69 Å². The van der Waals surface area contributed by atoms with E-state index in [9.17, 15) is 14.7 Å². The van der Waals surface area contributed by atoms with Crippen LogP contribution < -0.4 is 5.56 Å². The summed E-state index contributed by atoms with van der Waals surface area (Å²) in [5, 5.41) is 9.52. The maximum atomic E-state index is 13.1. The Kier molecular flexibility index (Phi) is 6.44. The van der Waals surface area contributed by atoms with Gasteiger partial charge < -0.3 is 9.67 Å². The first-order chi connectivity index (χ1) is 15.2. The highest BCUT2D eigenvalue weighted by Gasteiger charge is 2.37. The van der Waals surface area contributed by atoms with E-state index in [2.05, 4.69) is 30.7 Å². The normalized spacial score (nSPS) is 25.8. The third-order valence-corrected chi connectivity index (χ3v) is 7.86. The molecule has 2 aromatic rings. The van der Waals surface area contributed by atoms with Gasteiger partial charge >= 0.3 is 5.97 Å². The molecule has 1 saturated carbocycles. The highest BCUT2D eigenvalue weighted by atomic mass is 16.4. The molecule has 4 rings (SSSR count). The summed E-state index contributed by atoms with van der Waals surface area (Å²) in [6.07, 6.45) is 8.30. The van der Waals surface area contributed by atoms with Crippen LogP contribution in [-0.2, 0) is 0 Å². The second-order valence-corrected chi connectivity index (χ2v) is 10.9. The van der Waals surface area contributed by atoms with Crippen molar-refractivity contribution in [3.8, 4) is 0 Å². The van der Waals surface area contributed by atoms with Gasteiger partial charge in [-0.05, 0) is 81.9 Å². The van der Waals surface area contributed by atoms with Crippen LogP contribution in [0.3, 0.4) is 0 Å². The summed E-state index contributed by atoms with van der Waals surface area (Å²) in [6.45, 7) is 10.3. The van der Waals surface area contributed by atoms with Crippen molar-refractivity contribution < 1.29 is 9.90 Å². The summed E-state index contributed by atoms with van der Waals surface area (Å²) in [6, 6.07) is 8.33. The molecule has 1 aliphatic heterocycles. The Balaban J connectivity index is 1.55. The van der Waals surface area contributed by atoms with E-state index in [-0.39, 0.29) is 11.7 Å². The molecule has 0 bridgehead atoms. The number of nitrogens with zero attached hydrogens (tertiary/aromatic N) is 3. The standard InChI is InChI=1S/C26H37N3O3/c1-17(29-22-10-6-5-9-21(22)27-23(24(29)30)25(31)32)16-20-8-7-15-28(20)19-13-11-18(12-14-19)26(2,3)4/h5-6,9-10,17-20H,7-8,11-16H2,1-4H3,(H,31,32)/t17-,18?,19?,20-/m0/s1. The fourth-order valence-electron chi connectivity index (χ4n) is 6.10. The van der Waals surface area contributed by atoms with Crippen LogP contribution in [-0.4, -0.2) is 44.2 Å². The highest BCUT2D eigenvalue weighted by molar-refractivity contribution is 5.88. The molecule has 174 valence electrons. The molecule has 1 saturated heterocycles. The average molecular weight is 440 g/mol. The van der Waals surface area contributed by atoms with Crippen LogP contribution in [0, 0.1) is 11.3 Å². The van der Waals surface area contributed by atoms with Gasteiger partial charge in [-0.1, -0.05) is 32.9 Å². The number of carbonyl (C=O) groups is 1. The van der Waals surface area contributed by atoms with E-state index in [1.54, 1.807) is 10.6 Å².